The van der Waals surface area contributed by atoms with Gasteiger partial charge in [0, 0.05) is 21.8 Å². The summed E-state index contributed by atoms with van der Waals surface area (Å²) in [5.41, 5.74) is 1.12. The van der Waals surface area contributed by atoms with Crippen LogP contribution in [0.4, 0.5) is 0 Å². The summed E-state index contributed by atoms with van der Waals surface area (Å²) in [6.45, 7) is 2.17. The molecule has 0 saturated carbocycles. The molecular formula is C12H17Cl2NS. The molecule has 4 heteroatoms. The Morgan fingerprint density at radius 2 is 2.12 bits per heavy atom. The second-order valence-electron chi connectivity index (χ2n) is 3.58. The molecule has 0 heterocycles. The predicted octanol–water partition coefficient (Wildman–Crippen LogP) is 3.88. The average molecular weight is 278 g/mol. The maximum atomic E-state index is 6.14. The zero-order chi connectivity index (χ0) is 12.0. The van der Waals surface area contributed by atoms with Crippen LogP contribution in [0.15, 0.2) is 18.2 Å². The molecule has 1 rings (SSSR count). The van der Waals surface area contributed by atoms with Gasteiger partial charge in [0.25, 0.3) is 0 Å². The van der Waals surface area contributed by atoms with E-state index in [9.17, 15) is 0 Å². The number of rotatable bonds is 6. The molecule has 0 bridgehead atoms. The van der Waals surface area contributed by atoms with E-state index in [1.54, 1.807) is 0 Å². The fourth-order valence-corrected chi connectivity index (χ4v) is 2.66. The molecule has 0 radical (unpaired) electrons. The lowest BCUT2D eigenvalue weighted by Gasteiger charge is -2.16. The third kappa shape index (κ3) is 4.54. The molecule has 1 nitrogen and oxygen atoms in total. The van der Waals surface area contributed by atoms with Crippen LogP contribution in [0.5, 0.6) is 0 Å². The molecule has 90 valence electrons. The van der Waals surface area contributed by atoms with Gasteiger partial charge in [-0.1, -0.05) is 30.1 Å². The van der Waals surface area contributed by atoms with Crippen LogP contribution in [0.25, 0.3) is 0 Å². The fraction of sp³-hybridized carbons (Fsp3) is 0.500. The third-order valence-electron chi connectivity index (χ3n) is 2.41. The van der Waals surface area contributed by atoms with Crippen molar-refractivity contribution >= 4 is 35.0 Å². The number of hydrogen-bond acceptors (Lipinski definition) is 2. The quantitative estimate of drug-likeness (QED) is 0.847. The number of halogens is 2. The second kappa shape index (κ2) is 7.44. The van der Waals surface area contributed by atoms with Gasteiger partial charge in [-0.25, -0.2) is 0 Å². The van der Waals surface area contributed by atoms with Gasteiger partial charge < -0.3 is 5.32 Å². The number of benzene rings is 1. The van der Waals surface area contributed by atoms with Crippen molar-refractivity contribution in [3.63, 3.8) is 0 Å². The van der Waals surface area contributed by atoms with Crippen LogP contribution >= 0.6 is 35.0 Å². The SMILES string of the molecule is CCSCC(Cc1cc(Cl)ccc1Cl)NC. The van der Waals surface area contributed by atoms with Crippen molar-refractivity contribution in [3.8, 4) is 0 Å². The highest BCUT2D eigenvalue weighted by atomic mass is 35.5. The monoisotopic (exact) mass is 277 g/mol. The third-order valence-corrected chi connectivity index (χ3v) is 4.06. The molecule has 1 unspecified atom stereocenters. The Morgan fingerprint density at radius 1 is 1.38 bits per heavy atom. The van der Waals surface area contributed by atoms with Gasteiger partial charge >= 0.3 is 0 Å². The summed E-state index contributed by atoms with van der Waals surface area (Å²) in [5.74, 6) is 2.23. The molecule has 0 aromatic heterocycles. The summed E-state index contributed by atoms with van der Waals surface area (Å²) in [5, 5.41) is 4.85. The van der Waals surface area contributed by atoms with E-state index in [1.165, 1.54) is 0 Å². The van der Waals surface area contributed by atoms with Crippen LogP contribution in [0.2, 0.25) is 10.0 Å². The van der Waals surface area contributed by atoms with Crippen molar-refractivity contribution in [1.82, 2.24) is 5.32 Å². The van der Waals surface area contributed by atoms with Gasteiger partial charge in [-0.05, 0) is 43.0 Å². The van der Waals surface area contributed by atoms with Crippen LogP contribution in [0.1, 0.15) is 12.5 Å². The zero-order valence-corrected chi connectivity index (χ0v) is 11.9. The number of hydrogen-bond donors (Lipinski definition) is 1. The molecule has 1 N–H and O–H groups in total. The van der Waals surface area contributed by atoms with Crippen molar-refractivity contribution < 1.29 is 0 Å². The summed E-state index contributed by atoms with van der Waals surface area (Å²) in [4.78, 5) is 0. The van der Waals surface area contributed by atoms with Crippen molar-refractivity contribution in [3.05, 3.63) is 33.8 Å². The first-order valence-corrected chi connectivity index (χ1v) is 7.27. The molecule has 16 heavy (non-hydrogen) atoms. The van der Waals surface area contributed by atoms with Gasteiger partial charge in [0.1, 0.15) is 0 Å². The molecular weight excluding hydrogens is 261 g/mol. The van der Waals surface area contributed by atoms with Crippen molar-refractivity contribution in [1.29, 1.82) is 0 Å². The van der Waals surface area contributed by atoms with E-state index < -0.39 is 0 Å². The zero-order valence-electron chi connectivity index (χ0n) is 9.59. The van der Waals surface area contributed by atoms with Crippen LogP contribution < -0.4 is 5.32 Å². The Morgan fingerprint density at radius 3 is 2.75 bits per heavy atom. The maximum Gasteiger partial charge on any atom is 0.0439 e. The summed E-state index contributed by atoms with van der Waals surface area (Å²) in [7, 11) is 1.99. The first kappa shape index (κ1) is 14.2. The topological polar surface area (TPSA) is 12.0 Å². The Balaban J connectivity index is 2.65. The summed E-state index contributed by atoms with van der Waals surface area (Å²) < 4.78 is 0. The van der Waals surface area contributed by atoms with Crippen molar-refractivity contribution in [2.24, 2.45) is 0 Å². The summed E-state index contributed by atoms with van der Waals surface area (Å²) in [6, 6.07) is 6.08. The van der Waals surface area contributed by atoms with Crippen LogP contribution in [-0.4, -0.2) is 24.6 Å². The molecule has 0 aliphatic carbocycles. The van der Waals surface area contributed by atoms with E-state index in [4.69, 9.17) is 23.2 Å². The normalized spacial score (nSPS) is 12.8. The van der Waals surface area contributed by atoms with Crippen molar-refractivity contribution in [2.45, 2.75) is 19.4 Å². The minimum Gasteiger partial charge on any atom is -0.316 e. The lowest BCUT2D eigenvalue weighted by Crippen LogP contribution is -2.30. The van der Waals surface area contributed by atoms with Crippen molar-refractivity contribution in [2.75, 3.05) is 18.6 Å². The highest BCUT2D eigenvalue weighted by Gasteiger charge is 2.10. The largest absolute Gasteiger partial charge is 0.316 e. The average Bonchev–Trinajstić information content (AvgIpc) is 2.28. The first-order chi connectivity index (χ1) is 7.67. The molecule has 1 aromatic rings. The smallest absolute Gasteiger partial charge is 0.0439 e. The lowest BCUT2D eigenvalue weighted by atomic mass is 10.1. The molecule has 0 fully saturated rings. The highest BCUT2D eigenvalue weighted by Crippen LogP contribution is 2.22. The number of thioether (sulfide) groups is 1. The standard InChI is InChI=1S/C12H17Cl2NS/c1-3-16-8-11(15-2)7-9-6-10(13)4-5-12(9)14/h4-6,11,15H,3,7-8H2,1-2H3. The second-order valence-corrected chi connectivity index (χ2v) is 5.75. The van der Waals surface area contributed by atoms with Gasteiger partial charge in [-0.3, -0.25) is 0 Å². The lowest BCUT2D eigenvalue weighted by molar-refractivity contribution is 0.617. The Hall–Kier alpha value is 0.110. The minimum absolute atomic E-state index is 0.445. The summed E-state index contributed by atoms with van der Waals surface area (Å²) in [6.07, 6.45) is 0.920. The van der Waals surface area contributed by atoms with E-state index in [0.29, 0.717) is 6.04 Å². The molecule has 1 atom stereocenters. The van der Waals surface area contributed by atoms with Gasteiger partial charge in [0.05, 0.1) is 0 Å². The van der Waals surface area contributed by atoms with E-state index in [0.717, 1.165) is 33.5 Å². The van der Waals surface area contributed by atoms with E-state index in [-0.39, 0.29) is 0 Å². The summed E-state index contributed by atoms with van der Waals surface area (Å²) >= 11 is 14.0. The molecule has 1 aromatic carbocycles. The van der Waals surface area contributed by atoms with Crippen LogP contribution in [0.3, 0.4) is 0 Å². The Labute approximate surface area is 112 Å². The van der Waals surface area contributed by atoms with Gasteiger partial charge in [0.15, 0.2) is 0 Å². The molecule has 0 spiro atoms. The van der Waals surface area contributed by atoms with Crippen LogP contribution in [-0.2, 0) is 6.42 Å². The van der Waals surface area contributed by atoms with Crippen LogP contribution in [0, 0.1) is 0 Å². The van der Waals surface area contributed by atoms with E-state index in [1.807, 2.05) is 37.0 Å². The fourth-order valence-electron chi connectivity index (χ4n) is 1.47. The maximum absolute atomic E-state index is 6.14. The Kier molecular flexibility index (Phi) is 6.59. The number of likely N-dealkylation sites (N-methyl/N-ethyl adjacent to an activating group) is 1. The highest BCUT2D eigenvalue weighted by molar-refractivity contribution is 7.99. The molecule has 0 aliphatic rings. The Bertz CT molecular complexity index is 331. The molecule has 0 amide bonds. The predicted molar refractivity (Wildman–Crippen MR) is 76.0 cm³/mol. The first-order valence-electron chi connectivity index (χ1n) is 5.36. The molecule has 0 aliphatic heterocycles. The minimum atomic E-state index is 0.445. The van der Waals surface area contributed by atoms with Gasteiger partial charge in [-0.2, -0.15) is 11.8 Å². The van der Waals surface area contributed by atoms with E-state index >= 15 is 0 Å². The van der Waals surface area contributed by atoms with E-state index in [2.05, 4.69) is 12.2 Å². The molecule has 0 saturated heterocycles. The number of nitrogens with one attached hydrogen (secondary N) is 1. The van der Waals surface area contributed by atoms with Gasteiger partial charge in [-0.15, -0.1) is 0 Å². The van der Waals surface area contributed by atoms with Gasteiger partial charge in [0.2, 0.25) is 0 Å².